The molecule has 0 saturated heterocycles. The normalized spacial score (nSPS) is 11.1. The van der Waals surface area contributed by atoms with Crippen molar-refractivity contribution in [3.8, 4) is 11.5 Å². The fourth-order valence-electron chi connectivity index (χ4n) is 3.94. The first-order valence-corrected chi connectivity index (χ1v) is 9.34. The van der Waals surface area contributed by atoms with Crippen LogP contribution in [0.15, 0.2) is 109 Å². The summed E-state index contributed by atoms with van der Waals surface area (Å²) in [6, 6.07) is 36.6. The maximum absolute atomic E-state index is 5.35. The lowest BCUT2D eigenvalue weighted by molar-refractivity contribution is 0.334. The van der Waals surface area contributed by atoms with E-state index < -0.39 is 5.41 Å². The predicted octanol–water partition coefficient (Wildman–Crippen LogP) is 4.57. The summed E-state index contributed by atoms with van der Waals surface area (Å²) in [5.41, 5.74) is 3.94. The third-order valence-corrected chi connectivity index (χ3v) is 5.26. The van der Waals surface area contributed by atoms with Gasteiger partial charge in [0.05, 0.1) is 5.41 Å². The lowest BCUT2D eigenvalue weighted by Gasteiger charge is -2.37. The van der Waals surface area contributed by atoms with Crippen LogP contribution in [0.3, 0.4) is 0 Å². The van der Waals surface area contributed by atoms with Crippen LogP contribution < -0.4 is 21.5 Å². The molecule has 0 aliphatic heterocycles. The van der Waals surface area contributed by atoms with Crippen LogP contribution in [-0.2, 0) is 5.41 Å². The first-order valence-electron chi connectivity index (χ1n) is 9.34. The first-order chi connectivity index (χ1) is 14.3. The summed E-state index contributed by atoms with van der Waals surface area (Å²) >= 11 is 0. The molecule has 4 nitrogen and oxygen atoms in total. The second kappa shape index (κ2) is 8.19. The summed E-state index contributed by atoms with van der Waals surface area (Å²) in [6.45, 7) is 0. The van der Waals surface area contributed by atoms with Crippen LogP contribution in [0.25, 0.3) is 0 Å². The van der Waals surface area contributed by atoms with E-state index in [0.717, 1.165) is 22.3 Å². The van der Waals surface area contributed by atoms with Crippen molar-refractivity contribution in [3.05, 3.63) is 131 Å². The van der Waals surface area contributed by atoms with Gasteiger partial charge in [0.25, 0.3) is 0 Å². The van der Waals surface area contributed by atoms with Gasteiger partial charge in [-0.3, -0.25) is 0 Å². The van der Waals surface area contributed by atoms with E-state index in [1.165, 1.54) is 0 Å². The molecule has 0 fully saturated rings. The summed E-state index contributed by atoms with van der Waals surface area (Å²) in [6.07, 6.45) is 0. The molecule has 4 heteroatoms. The quantitative estimate of drug-likeness (QED) is 0.378. The van der Waals surface area contributed by atoms with Crippen LogP contribution in [0.2, 0.25) is 0 Å². The standard InChI is InChI=1S/C25H22N2O2/c26-28-23-15-11-21(12-16-23)25(19-7-3-1-4-8-19,20-9-5-2-6-10-20)22-13-17-24(29-27)18-14-22/h1-18H,26-27H2. The fraction of sp³-hybridized carbons (Fsp3) is 0.0400. The molecule has 0 aliphatic carbocycles. The topological polar surface area (TPSA) is 70.5 Å². The van der Waals surface area contributed by atoms with Gasteiger partial charge >= 0.3 is 0 Å². The Kier molecular flexibility index (Phi) is 5.29. The average molecular weight is 382 g/mol. The summed E-state index contributed by atoms with van der Waals surface area (Å²) < 4.78 is 0. The number of hydrogen-bond donors (Lipinski definition) is 2. The zero-order chi connectivity index (χ0) is 20.1. The Morgan fingerprint density at radius 1 is 0.414 bits per heavy atom. The molecular weight excluding hydrogens is 360 g/mol. The maximum Gasteiger partial charge on any atom is 0.146 e. The van der Waals surface area contributed by atoms with Crippen LogP contribution in [-0.4, -0.2) is 0 Å². The zero-order valence-corrected chi connectivity index (χ0v) is 15.9. The van der Waals surface area contributed by atoms with Gasteiger partial charge in [0.2, 0.25) is 0 Å². The van der Waals surface area contributed by atoms with Crippen molar-refractivity contribution >= 4 is 0 Å². The SMILES string of the molecule is NOc1ccc(C(c2ccccc2)(c2ccccc2)c2ccc(ON)cc2)cc1. The Labute approximate surface area is 170 Å². The Bertz CT molecular complexity index is 958. The minimum absolute atomic E-state index is 0.539. The second-order valence-electron chi connectivity index (χ2n) is 6.77. The van der Waals surface area contributed by atoms with Gasteiger partial charge in [-0.1, -0.05) is 84.9 Å². The first kappa shape index (κ1) is 18.7. The maximum atomic E-state index is 5.35. The van der Waals surface area contributed by atoms with E-state index in [2.05, 4.69) is 72.8 Å². The predicted molar refractivity (Wildman–Crippen MR) is 114 cm³/mol. The number of rotatable bonds is 6. The highest BCUT2D eigenvalue weighted by Crippen LogP contribution is 2.45. The van der Waals surface area contributed by atoms with Crippen LogP contribution in [0.1, 0.15) is 22.3 Å². The van der Waals surface area contributed by atoms with Crippen molar-refractivity contribution in [1.29, 1.82) is 0 Å². The van der Waals surface area contributed by atoms with Crippen molar-refractivity contribution in [1.82, 2.24) is 0 Å². The number of nitrogens with two attached hydrogens (primary N) is 2. The molecule has 0 bridgehead atoms. The Balaban J connectivity index is 2.06. The largest absolute Gasteiger partial charge is 0.412 e. The molecule has 4 aromatic carbocycles. The van der Waals surface area contributed by atoms with Gasteiger partial charge in [0, 0.05) is 0 Å². The molecule has 0 spiro atoms. The molecule has 144 valence electrons. The molecule has 0 radical (unpaired) electrons. The van der Waals surface area contributed by atoms with Crippen LogP contribution >= 0.6 is 0 Å². The third kappa shape index (κ3) is 3.36. The summed E-state index contributed by atoms with van der Waals surface area (Å²) in [5.74, 6) is 11.9. The van der Waals surface area contributed by atoms with E-state index in [1.54, 1.807) is 0 Å². The number of hydrogen-bond acceptors (Lipinski definition) is 4. The molecule has 0 heterocycles. The highest BCUT2D eigenvalue weighted by atomic mass is 16.6. The lowest BCUT2D eigenvalue weighted by atomic mass is 9.65. The molecule has 0 amide bonds. The lowest BCUT2D eigenvalue weighted by Crippen LogP contribution is -2.31. The molecule has 0 atom stereocenters. The fourth-order valence-corrected chi connectivity index (χ4v) is 3.94. The Hall–Kier alpha value is -3.60. The minimum atomic E-state index is -0.539. The molecule has 4 aromatic rings. The van der Waals surface area contributed by atoms with E-state index >= 15 is 0 Å². The van der Waals surface area contributed by atoms with Gasteiger partial charge in [0.15, 0.2) is 0 Å². The van der Waals surface area contributed by atoms with Crippen molar-refractivity contribution in [2.24, 2.45) is 11.8 Å². The number of benzene rings is 4. The third-order valence-electron chi connectivity index (χ3n) is 5.26. The minimum Gasteiger partial charge on any atom is -0.412 e. The van der Waals surface area contributed by atoms with Gasteiger partial charge in [0.1, 0.15) is 11.5 Å². The molecular formula is C25H22N2O2. The van der Waals surface area contributed by atoms with Crippen molar-refractivity contribution < 1.29 is 9.68 Å². The highest BCUT2D eigenvalue weighted by Gasteiger charge is 2.38. The van der Waals surface area contributed by atoms with Gasteiger partial charge in [-0.2, -0.15) is 11.8 Å². The smallest absolute Gasteiger partial charge is 0.146 e. The van der Waals surface area contributed by atoms with Gasteiger partial charge in [-0.05, 0) is 46.5 Å². The summed E-state index contributed by atoms with van der Waals surface area (Å²) in [5, 5.41) is 0. The molecule has 29 heavy (non-hydrogen) atoms. The Morgan fingerprint density at radius 3 is 1.03 bits per heavy atom. The summed E-state index contributed by atoms with van der Waals surface area (Å²) in [4.78, 5) is 9.80. The molecule has 4 rings (SSSR count). The van der Waals surface area contributed by atoms with Gasteiger partial charge < -0.3 is 9.68 Å². The van der Waals surface area contributed by atoms with E-state index in [9.17, 15) is 0 Å². The van der Waals surface area contributed by atoms with Crippen LogP contribution in [0.5, 0.6) is 11.5 Å². The van der Waals surface area contributed by atoms with E-state index in [4.69, 9.17) is 21.5 Å². The molecule has 0 saturated carbocycles. The van der Waals surface area contributed by atoms with E-state index in [-0.39, 0.29) is 0 Å². The molecule has 0 aromatic heterocycles. The van der Waals surface area contributed by atoms with E-state index in [1.807, 2.05) is 36.4 Å². The second-order valence-corrected chi connectivity index (χ2v) is 6.77. The zero-order valence-electron chi connectivity index (χ0n) is 15.9. The summed E-state index contributed by atoms with van der Waals surface area (Å²) in [7, 11) is 0. The molecule has 4 N–H and O–H groups in total. The van der Waals surface area contributed by atoms with Crippen LogP contribution in [0, 0.1) is 0 Å². The van der Waals surface area contributed by atoms with Gasteiger partial charge in [-0.25, -0.2) is 0 Å². The van der Waals surface area contributed by atoms with Crippen molar-refractivity contribution in [2.75, 3.05) is 0 Å². The average Bonchev–Trinajstić information content (AvgIpc) is 2.82. The van der Waals surface area contributed by atoms with Crippen molar-refractivity contribution in [2.45, 2.75) is 5.41 Å². The molecule has 0 unspecified atom stereocenters. The monoisotopic (exact) mass is 382 g/mol. The van der Waals surface area contributed by atoms with Gasteiger partial charge in [-0.15, -0.1) is 0 Å². The van der Waals surface area contributed by atoms with Crippen LogP contribution in [0.4, 0.5) is 0 Å². The molecule has 0 aliphatic rings. The Morgan fingerprint density at radius 2 is 0.724 bits per heavy atom. The van der Waals surface area contributed by atoms with E-state index in [0.29, 0.717) is 11.5 Å². The highest BCUT2D eigenvalue weighted by molar-refractivity contribution is 5.60. The van der Waals surface area contributed by atoms with Crippen molar-refractivity contribution in [3.63, 3.8) is 0 Å².